The summed E-state index contributed by atoms with van der Waals surface area (Å²) in [5.41, 5.74) is 5.57. The Morgan fingerprint density at radius 3 is 3.07 bits per heavy atom. The van der Waals surface area contributed by atoms with E-state index in [1.54, 1.807) is 0 Å². The number of carbonyl (C=O) groups is 1. The van der Waals surface area contributed by atoms with Gasteiger partial charge in [-0.1, -0.05) is 5.16 Å². The van der Waals surface area contributed by atoms with E-state index in [1.165, 1.54) is 7.05 Å². The normalized spacial score (nSPS) is 12.5. The van der Waals surface area contributed by atoms with Gasteiger partial charge in [0.25, 0.3) is 11.7 Å². The van der Waals surface area contributed by atoms with Crippen LogP contribution in [0.1, 0.15) is 29.0 Å². The Morgan fingerprint density at radius 2 is 2.50 bits per heavy atom. The molecule has 1 aromatic rings. The van der Waals surface area contributed by atoms with Gasteiger partial charge in [-0.2, -0.15) is 4.98 Å². The van der Waals surface area contributed by atoms with Gasteiger partial charge < -0.3 is 20.7 Å². The van der Waals surface area contributed by atoms with Crippen LogP contribution >= 0.6 is 0 Å². The van der Waals surface area contributed by atoms with Gasteiger partial charge >= 0.3 is 0 Å². The highest BCUT2D eigenvalue weighted by Gasteiger charge is 2.17. The van der Waals surface area contributed by atoms with Gasteiger partial charge in [0.15, 0.2) is 0 Å². The summed E-state index contributed by atoms with van der Waals surface area (Å²) >= 11 is 0. The van der Waals surface area contributed by atoms with E-state index in [-0.39, 0.29) is 18.3 Å². The van der Waals surface area contributed by atoms with Crippen LogP contribution < -0.4 is 11.1 Å². The van der Waals surface area contributed by atoms with Crippen molar-refractivity contribution in [3.8, 4) is 0 Å². The average Bonchev–Trinajstić information content (AvgIpc) is 2.66. The number of aliphatic hydroxyl groups excluding tert-OH is 1. The quantitative estimate of drug-likeness (QED) is 0.563. The monoisotopic (exact) mass is 200 g/mol. The second kappa shape index (κ2) is 4.68. The lowest BCUT2D eigenvalue weighted by Gasteiger charge is -2.01. The SMILES string of the molecule is CNC(=O)c1noc(C(N)CCO)n1. The lowest BCUT2D eigenvalue weighted by Crippen LogP contribution is -2.19. The molecule has 0 aliphatic rings. The number of aromatic nitrogens is 2. The Bertz CT molecular complexity index is 312. The van der Waals surface area contributed by atoms with Crippen molar-refractivity contribution in [3.63, 3.8) is 0 Å². The highest BCUT2D eigenvalue weighted by atomic mass is 16.5. The molecule has 1 heterocycles. The maximum atomic E-state index is 11.0. The number of hydrogen-bond acceptors (Lipinski definition) is 6. The zero-order valence-corrected chi connectivity index (χ0v) is 7.73. The third-order valence-electron chi connectivity index (χ3n) is 1.63. The maximum Gasteiger partial charge on any atom is 0.292 e. The zero-order chi connectivity index (χ0) is 10.6. The number of hydrogen-bond donors (Lipinski definition) is 3. The summed E-state index contributed by atoms with van der Waals surface area (Å²) in [5, 5.41) is 14.4. The van der Waals surface area contributed by atoms with Gasteiger partial charge in [0, 0.05) is 13.7 Å². The number of nitrogens with two attached hydrogens (primary N) is 1. The molecule has 0 aliphatic heterocycles. The number of aliphatic hydroxyl groups is 1. The van der Waals surface area contributed by atoms with Gasteiger partial charge in [-0.05, 0) is 6.42 Å². The number of nitrogens with one attached hydrogen (secondary N) is 1. The first-order valence-electron chi connectivity index (χ1n) is 4.11. The lowest BCUT2D eigenvalue weighted by molar-refractivity contribution is 0.0950. The van der Waals surface area contributed by atoms with Crippen molar-refractivity contribution in [1.29, 1.82) is 0 Å². The number of amides is 1. The molecule has 0 saturated carbocycles. The summed E-state index contributed by atoms with van der Waals surface area (Å²) in [6.07, 6.45) is 0.315. The molecule has 78 valence electrons. The molecule has 0 aromatic carbocycles. The minimum Gasteiger partial charge on any atom is -0.396 e. The van der Waals surface area contributed by atoms with Crippen LogP contribution in [0.5, 0.6) is 0 Å². The lowest BCUT2D eigenvalue weighted by atomic mass is 10.2. The molecule has 1 rings (SSSR count). The first-order chi connectivity index (χ1) is 6.69. The number of carbonyl (C=O) groups excluding carboxylic acids is 1. The molecule has 14 heavy (non-hydrogen) atoms. The molecule has 1 atom stereocenters. The van der Waals surface area contributed by atoms with Crippen LogP contribution in [0.3, 0.4) is 0 Å². The standard InChI is InChI=1S/C7H12N4O3/c1-9-6(13)5-10-7(14-11-5)4(8)2-3-12/h4,12H,2-3,8H2,1H3,(H,9,13). The first-order valence-corrected chi connectivity index (χ1v) is 4.11. The summed E-state index contributed by atoms with van der Waals surface area (Å²) in [6.45, 7) is -0.0706. The van der Waals surface area contributed by atoms with Gasteiger partial charge in [-0.3, -0.25) is 4.79 Å². The topological polar surface area (TPSA) is 114 Å². The number of nitrogens with zero attached hydrogens (tertiary/aromatic N) is 2. The fourth-order valence-electron chi connectivity index (χ4n) is 0.852. The predicted octanol–water partition coefficient (Wildman–Crippen LogP) is -1.19. The van der Waals surface area contributed by atoms with Crippen LogP contribution in [-0.2, 0) is 0 Å². The Morgan fingerprint density at radius 1 is 1.79 bits per heavy atom. The Balaban J connectivity index is 2.72. The molecular weight excluding hydrogens is 188 g/mol. The molecule has 1 aromatic heterocycles. The van der Waals surface area contributed by atoms with Crippen molar-refractivity contribution < 1.29 is 14.4 Å². The smallest absolute Gasteiger partial charge is 0.292 e. The van der Waals surface area contributed by atoms with Crippen LogP contribution in [0.2, 0.25) is 0 Å². The van der Waals surface area contributed by atoms with Crippen molar-refractivity contribution in [1.82, 2.24) is 15.5 Å². The van der Waals surface area contributed by atoms with E-state index in [1.807, 2.05) is 0 Å². The summed E-state index contributed by atoms with van der Waals surface area (Å²) < 4.78 is 4.74. The van der Waals surface area contributed by atoms with Crippen LogP contribution in [0.25, 0.3) is 0 Å². The molecule has 0 aliphatic carbocycles. The van der Waals surface area contributed by atoms with Crippen molar-refractivity contribution in [3.05, 3.63) is 11.7 Å². The minimum absolute atomic E-state index is 0.0594. The molecule has 0 spiro atoms. The Hall–Kier alpha value is -1.47. The van der Waals surface area contributed by atoms with Crippen molar-refractivity contribution in [2.24, 2.45) is 5.73 Å². The molecule has 4 N–H and O–H groups in total. The Labute approximate surface area is 80.3 Å². The third-order valence-corrected chi connectivity index (χ3v) is 1.63. The third kappa shape index (κ3) is 2.27. The largest absolute Gasteiger partial charge is 0.396 e. The van der Waals surface area contributed by atoms with Crippen molar-refractivity contribution in [2.45, 2.75) is 12.5 Å². The van der Waals surface area contributed by atoms with E-state index in [4.69, 9.17) is 15.4 Å². The summed E-state index contributed by atoms with van der Waals surface area (Å²) in [7, 11) is 1.46. The molecule has 1 unspecified atom stereocenters. The van der Waals surface area contributed by atoms with Crippen molar-refractivity contribution >= 4 is 5.91 Å². The number of rotatable bonds is 4. The van der Waals surface area contributed by atoms with Crippen molar-refractivity contribution in [2.75, 3.05) is 13.7 Å². The molecule has 7 nitrogen and oxygen atoms in total. The minimum atomic E-state index is -0.536. The molecule has 0 saturated heterocycles. The maximum absolute atomic E-state index is 11.0. The average molecular weight is 200 g/mol. The van der Waals surface area contributed by atoms with E-state index in [9.17, 15) is 4.79 Å². The Kier molecular flexibility index (Phi) is 3.55. The summed E-state index contributed by atoms with van der Waals surface area (Å²) in [5.74, 6) is -0.343. The van der Waals surface area contributed by atoms with E-state index in [0.29, 0.717) is 6.42 Å². The summed E-state index contributed by atoms with van der Waals surface area (Å²) in [6, 6.07) is -0.536. The molecule has 0 bridgehead atoms. The summed E-state index contributed by atoms with van der Waals surface area (Å²) in [4.78, 5) is 14.8. The van der Waals surface area contributed by atoms with Crippen LogP contribution in [0, 0.1) is 0 Å². The molecule has 7 heteroatoms. The van der Waals surface area contributed by atoms with Gasteiger partial charge in [-0.25, -0.2) is 0 Å². The van der Waals surface area contributed by atoms with Crippen LogP contribution in [-0.4, -0.2) is 34.8 Å². The van der Waals surface area contributed by atoms with E-state index in [0.717, 1.165) is 0 Å². The molecular formula is C7H12N4O3. The van der Waals surface area contributed by atoms with Gasteiger partial charge in [0.2, 0.25) is 5.89 Å². The molecule has 1 amide bonds. The van der Waals surface area contributed by atoms with Gasteiger partial charge in [-0.15, -0.1) is 0 Å². The second-order valence-corrected chi connectivity index (χ2v) is 2.65. The second-order valence-electron chi connectivity index (χ2n) is 2.65. The highest BCUT2D eigenvalue weighted by Crippen LogP contribution is 2.10. The highest BCUT2D eigenvalue weighted by molar-refractivity contribution is 5.89. The predicted molar refractivity (Wildman–Crippen MR) is 46.3 cm³/mol. The fourth-order valence-corrected chi connectivity index (χ4v) is 0.852. The van der Waals surface area contributed by atoms with Crippen LogP contribution in [0.15, 0.2) is 4.52 Å². The van der Waals surface area contributed by atoms with E-state index < -0.39 is 11.9 Å². The van der Waals surface area contributed by atoms with E-state index >= 15 is 0 Å². The zero-order valence-electron chi connectivity index (χ0n) is 7.73. The van der Waals surface area contributed by atoms with E-state index in [2.05, 4.69) is 15.5 Å². The van der Waals surface area contributed by atoms with Crippen LogP contribution in [0.4, 0.5) is 0 Å². The van der Waals surface area contributed by atoms with Gasteiger partial charge in [0.1, 0.15) is 0 Å². The molecule has 0 radical (unpaired) electrons. The molecule has 0 fully saturated rings. The fraction of sp³-hybridized carbons (Fsp3) is 0.571. The first kappa shape index (κ1) is 10.6. The van der Waals surface area contributed by atoms with Gasteiger partial charge in [0.05, 0.1) is 6.04 Å².